The first-order chi connectivity index (χ1) is 8.29. The minimum absolute atomic E-state index is 0.865. The van der Waals surface area contributed by atoms with Gasteiger partial charge in [0, 0.05) is 12.7 Å². The molecule has 0 heterocycles. The first-order valence-electron chi connectivity index (χ1n) is 5.55. The van der Waals surface area contributed by atoms with Crippen molar-refractivity contribution < 1.29 is 0 Å². The summed E-state index contributed by atoms with van der Waals surface area (Å²) in [4.78, 5) is 0. The number of hydrogen-bond donors (Lipinski definition) is 1. The van der Waals surface area contributed by atoms with Gasteiger partial charge in [0.25, 0.3) is 0 Å². The van der Waals surface area contributed by atoms with Gasteiger partial charge in [0.15, 0.2) is 0 Å². The summed E-state index contributed by atoms with van der Waals surface area (Å²) in [6.45, 7) is 2.03. The van der Waals surface area contributed by atoms with Crippen LogP contribution >= 0.6 is 0 Å². The van der Waals surface area contributed by atoms with E-state index in [0.29, 0.717) is 0 Å². The smallest absolute Gasteiger partial charge is 0.0887 e. The van der Waals surface area contributed by atoms with Gasteiger partial charge in [0.1, 0.15) is 0 Å². The van der Waals surface area contributed by atoms with E-state index in [1.54, 1.807) is 0 Å². The van der Waals surface area contributed by atoms with Crippen LogP contribution in [-0.4, -0.2) is 7.05 Å². The van der Waals surface area contributed by atoms with Crippen molar-refractivity contribution in [1.82, 2.24) is 0 Å². The second kappa shape index (κ2) is 5.25. The van der Waals surface area contributed by atoms with Crippen LogP contribution in [0.3, 0.4) is 0 Å². The summed E-state index contributed by atoms with van der Waals surface area (Å²) < 4.78 is 0. The molecule has 3 nitrogen and oxygen atoms in total. The summed E-state index contributed by atoms with van der Waals surface area (Å²) in [5, 5.41) is 11.5. The summed E-state index contributed by atoms with van der Waals surface area (Å²) in [5.74, 6) is 0. The minimum atomic E-state index is 0.865. The lowest BCUT2D eigenvalue weighted by Gasteiger charge is -2.03. The topological polar surface area (TPSA) is 36.8 Å². The summed E-state index contributed by atoms with van der Waals surface area (Å²) in [6, 6.07) is 15.7. The van der Waals surface area contributed by atoms with Crippen LogP contribution in [0.25, 0.3) is 0 Å². The molecule has 2 rings (SSSR count). The molecule has 0 aromatic heterocycles. The highest BCUT2D eigenvalue weighted by Gasteiger charge is 1.97. The van der Waals surface area contributed by atoms with E-state index in [-0.39, 0.29) is 0 Å². The molecule has 2 aromatic rings. The molecule has 0 bridgehead atoms. The molecule has 86 valence electrons. The zero-order valence-corrected chi connectivity index (χ0v) is 10.0. The minimum Gasteiger partial charge on any atom is -0.388 e. The van der Waals surface area contributed by atoms with Crippen LogP contribution in [0, 0.1) is 6.92 Å². The molecule has 17 heavy (non-hydrogen) atoms. The standard InChI is InChI=1S/C14H15N3/c1-11-10-13(15-2)8-9-14(11)17-16-12-6-4-3-5-7-12/h3-10,15H,1-2H3. The van der Waals surface area contributed by atoms with Crippen LogP contribution in [0.4, 0.5) is 17.1 Å². The van der Waals surface area contributed by atoms with E-state index < -0.39 is 0 Å². The number of nitrogens with zero attached hydrogens (tertiary/aromatic N) is 2. The zero-order valence-electron chi connectivity index (χ0n) is 10.0. The van der Waals surface area contributed by atoms with Gasteiger partial charge in [-0.05, 0) is 42.8 Å². The van der Waals surface area contributed by atoms with Gasteiger partial charge in [0.05, 0.1) is 11.4 Å². The van der Waals surface area contributed by atoms with Gasteiger partial charge in [0.2, 0.25) is 0 Å². The Hall–Kier alpha value is -2.16. The molecular formula is C14H15N3. The summed E-state index contributed by atoms with van der Waals surface area (Å²) in [7, 11) is 1.90. The second-order valence-corrected chi connectivity index (χ2v) is 3.79. The SMILES string of the molecule is CNc1ccc(N=Nc2ccccc2)c(C)c1. The summed E-state index contributed by atoms with van der Waals surface area (Å²) in [5.41, 5.74) is 3.95. The summed E-state index contributed by atoms with van der Waals surface area (Å²) >= 11 is 0. The van der Waals surface area contributed by atoms with Crippen LogP contribution in [-0.2, 0) is 0 Å². The molecule has 0 spiro atoms. The molecule has 0 fully saturated rings. The molecule has 0 aliphatic rings. The molecule has 0 saturated carbocycles. The number of anilines is 1. The molecule has 3 heteroatoms. The average molecular weight is 225 g/mol. The first kappa shape index (κ1) is 11.3. The van der Waals surface area contributed by atoms with E-state index in [2.05, 4.69) is 21.6 Å². The average Bonchev–Trinajstić information content (AvgIpc) is 2.38. The Labute approximate surface area is 101 Å². The third kappa shape index (κ3) is 2.91. The van der Waals surface area contributed by atoms with Crippen molar-refractivity contribution in [1.29, 1.82) is 0 Å². The Morgan fingerprint density at radius 1 is 0.941 bits per heavy atom. The van der Waals surface area contributed by atoms with Crippen LogP contribution in [0.15, 0.2) is 58.8 Å². The normalized spacial score (nSPS) is 10.7. The number of benzene rings is 2. The van der Waals surface area contributed by atoms with Crippen molar-refractivity contribution in [3.63, 3.8) is 0 Å². The van der Waals surface area contributed by atoms with E-state index in [1.165, 1.54) is 0 Å². The van der Waals surface area contributed by atoms with Gasteiger partial charge in [-0.25, -0.2) is 0 Å². The van der Waals surface area contributed by atoms with Gasteiger partial charge >= 0.3 is 0 Å². The molecule has 1 N–H and O–H groups in total. The van der Waals surface area contributed by atoms with Gasteiger partial charge in [-0.3, -0.25) is 0 Å². The lowest BCUT2D eigenvalue weighted by Crippen LogP contribution is -1.87. The molecule has 0 radical (unpaired) electrons. The Balaban J connectivity index is 2.22. The quantitative estimate of drug-likeness (QED) is 0.769. The molecule has 0 saturated heterocycles. The molecule has 0 aliphatic carbocycles. The van der Waals surface area contributed by atoms with E-state index in [1.807, 2.05) is 56.4 Å². The number of rotatable bonds is 3. The van der Waals surface area contributed by atoms with Crippen molar-refractivity contribution in [2.75, 3.05) is 12.4 Å². The van der Waals surface area contributed by atoms with E-state index in [0.717, 1.165) is 22.6 Å². The van der Waals surface area contributed by atoms with E-state index >= 15 is 0 Å². The number of azo groups is 1. The van der Waals surface area contributed by atoms with Crippen LogP contribution in [0.2, 0.25) is 0 Å². The fourth-order valence-corrected chi connectivity index (χ4v) is 1.53. The van der Waals surface area contributed by atoms with Crippen molar-refractivity contribution in [2.45, 2.75) is 6.92 Å². The molecule has 2 aromatic carbocycles. The van der Waals surface area contributed by atoms with Gasteiger partial charge < -0.3 is 5.32 Å². The number of hydrogen-bond acceptors (Lipinski definition) is 3. The number of nitrogens with one attached hydrogen (secondary N) is 1. The lowest BCUT2D eigenvalue weighted by atomic mass is 10.2. The Bertz CT molecular complexity index is 518. The maximum atomic E-state index is 4.25. The van der Waals surface area contributed by atoms with Crippen molar-refractivity contribution >= 4 is 17.1 Å². The highest BCUT2D eigenvalue weighted by Crippen LogP contribution is 2.24. The lowest BCUT2D eigenvalue weighted by molar-refractivity contribution is 1.21. The van der Waals surface area contributed by atoms with Crippen LogP contribution in [0.1, 0.15) is 5.56 Å². The molecular weight excluding hydrogens is 210 g/mol. The van der Waals surface area contributed by atoms with Gasteiger partial charge in [-0.15, -0.1) is 0 Å². The highest BCUT2D eigenvalue weighted by molar-refractivity contribution is 5.56. The predicted octanol–water partition coefficient (Wildman–Crippen LogP) is 4.45. The molecule has 0 atom stereocenters. The van der Waals surface area contributed by atoms with Crippen LogP contribution in [0.5, 0.6) is 0 Å². The van der Waals surface area contributed by atoms with E-state index in [9.17, 15) is 0 Å². The first-order valence-corrected chi connectivity index (χ1v) is 5.55. The van der Waals surface area contributed by atoms with Crippen molar-refractivity contribution in [3.05, 3.63) is 54.1 Å². The summed E-state index contributed by atoms with van der Waals surface area (Å²) in [6.07, 6.45) is 0. The Morgan fingerprint density at radius 2 is 1.71 bits per heavy atom. The van der Waals surface area contributed by atoms with Gasteiger partial charge in [-0.1, -0.05) is 18.2 Å². The highest BCUT2D eigenvalue weighted by atomic mass is 15.1. The van der Waals surface area contributed by atoms with Crippen molar-refractivity contribution in [2.24, 2.45) is 10.2 Å². The fraction of sp³-hybridized carbons (Fsp3) is 0.143. The maximum Gasteiger partial charge on any atom is 0.0887 e. The van der Waals surface area contributed by atoms with Crippen molar-refractivity contribution in [3.8, 4) is 0 Å². The molecule has 0 aliphatic heterocycles. The zero-order chi connectivity index (χ0) is 12.1. The Morgan fingerprint density at radius 3 is 2.35 bits per heavy atom. The Kier molecular flexibility index (Phi) is 3.50. The molecule has 0 amide bonds. The monoisotopic (exact) mass is 225 g/mol. The largest absolute Gasteiger partial charge is 0.388 e. The fourth-order valence-electron chi connectivity index (χ4n) is 1.53. The maximum absolute atomic E-state index is 4.25. The predicted molar refractivity (Wildman–Crippen MR) is 71.3 cm³/mol. The molecule has 0 unspecified atom stereocenters. The number of aryl methyl sites for hydroxylation is 1. The van der Waals surface area contributed by atoms with Crippen LogP contribution < -0.4 is 5.32 Å². The van der Waals surface area contributed by atoms with Gasteiger partial charge in [-0.2, -0.15) is 10.2 Å². The third-order valence-electron chi connectivity index (χ3n) is 2.51. The third-order valence-corrected chi connectivity index (χ3v) is 2.51. The van der Waals surface area contributed by atoms with E-state index in [4.69, 9.17) is 0 Å². The second-order valence-electron chi connectivity index (χ2n) is 3.79.